The zero-order chi connectivity index (χ0) is 17.9. The van der Waals surface area contributed by atoms with Crippen LogP contribution in [0.5, 0.6) is 5.75 Å². The number of likely N-dealkylation sites (tertiary alicyclic amines) is 1. The molecule has 8 nitrogen and oxygen atoms in total. The number of nitrogens with zero attached hydrogens (tertiary/aromatic N) is 3. The van der Waals surface area contributed by atoms with E-state index in [9.17, 15) is 4.79 Å². The van der Waals surface area contributed by atoms with E-state index in [2.05, 4.69) is 30.8 Å². The van der Waals surface area contributed by atoms with Crippen LogP contribution >= 0.6 is 24.0 Å². The standard InChI is InChI=1S/C17H28N6O2.HI/c1-18-16(24)13-23-9-5-14(6-10-23)22-17(19-2)21-8-11-25-15-4-3-7-20-12-15;/h3-4,7,12,14H,5-6,8-11,13H2,1-2H3,(H,18,24)(H2,19,21,22);1H. The summed E-state index contributed by atoms with van der Waals surface area (Å²) in [6, 6.07) is 4.10. The Labute approximate surface area is 172 Å². The molecule has 1 saturated heterocycles. The number of aliphatic imine (C=N–C) groups is 1. The molecule has 2 heterocycles. The van der Waals surface area contributed by atoms with Crippen molar-refractivity contribution in [1.82, 2.24) is 25.8 Å². The Morgan fingerprint density at radius 3 is 2.81 bits per heavy atom. The maximum atomic E-state index is 11.4. The van der Waals surface area contributed by atoms with Crippen LogP contribution in [0.2, 0.25) is 0 Å². The molecule has 1 aromatic rings. The molecule has 0 bridgehead atoms. The van der Waals surface area contributed by atoms with E-state index in [0.717, 1.165) is 37.6 Å². The van der Waals surface area contributed by atoms with E-state index < -0.39 is 0 Å². The number of amides is 1. The molecule has 0 aromatic carbocycles. The molecule has 0 aliphatic carbocycles. The summed E-state index contributed by atoms with van der Waals surface area (Å²) in [5.41, 5.74) is 0. The minimum absolute atomic E-state index is 0. The van der Waals surface area contributed by atoms with Gasteiger partial charge in [0.05, 0.1) is 19.3 Å². The summed E-state index contributed by atoms with van der Waals surface area (Å²) in [6.45, 7) is 3.49. The molecule has 9 heteroatoms. The second-order valence-electron chi connectivity index (χ2n) is 5.90. The van der Waals surface area contributed by atoms with Crippen LogP contribution in [0.4, 0.5) is 0 Å². The molecule has 26 heavy (non-hydrogen) atoms. The van der Waals surface area contributed by atoms with Crippen LogP contribution in [-0.2, 0) is 4.79 Å². The SMILES string of the molecule is CN=C(NCCOc1cccnc1)NC1CCN(CC(=O)NC)CC1.I. The van der Waals surface area contributed by atoms with Gasteiger partial charge in [-0.1, -0.05) is 0 Å². The third kappa shape index (κ3) is 8.17. The van der Waals surface area contributed by atoms with E-state index in [4.69, 9.17) is 4.74 Å². The van der Waals surface area contributed by atoms with Crippen molar-refractivity contribution in [3.8, 4) is 5.75 Å². The number of ether oxygens (including phenoxy) is 1. The van der Waals surface area contributed by atoms with Gasteiger partial charge in [-0.15, -0.1) is 24.0 Å². The Balaban J connectivity index is 0.00000338. The highest BCUT2D eigenvalue weighted by molar-refractivity contribution is 14.0. The second kappa shape index (κ2) is 12.7. The van der Waals surface area contributed by atoms with Crippen molar-refractivity contribution >= 4 is 35.8 Å². The number of carbonyl (C=O) groups is 1. The van der Waals surface area contributed by atoms with E-state index in [1.165, 1.54) is 0 Å². The van der Waals surface area contributed by atoms with Crippen LogP contribution in [0.15, 0.2) is 29.5 Å². The van der Waals surface area contributed by atoms with E-state index in [-0.39, 0.29) is 29.9 Å². The highest BCUT2D eigenvalue weighted by Gasteiger charge is 2.21. The average Bonchev–Trinajstić information content (AvgIpc) is 2.66. The van der Waals surface area contributed by atoms with Crippen molar-refractivity contribution in [3.05, 3.63) is 24.5 Å². The minimum atomic E-state index is 0. The Bertz CT molecular complexity index is 549. The smallest absolute Gasteiger partial charge is 0.233 e. The second-order valence-corrected chi connectivity index (χ2v) is 5.90. The maximum absolute atomic E-state index is 11.4. The normalized spacial score (nSPS) is 15.7. The molecule has 1 aromatic heterocycles. The van der Waals surface area contributed by atoms with Crippen molar-refractivity contribution in [2.45, 2.75) is 18.9 Å². The number of nitrogens with one attached hydrogen (secondary N) is 3. The lowest BCUT2D eigenvalue weighted by Crippen LogP contribution is -2.50. The van der Waals surface area contributed by atoms with Crippen molar-refractivity contribution in [2.24, 2.45) is 4.99 Å². The van der Waals surface area contributed by atoms with Gasteiger partial charge >= 0.3 is 0 Å². The van der Waals surface area contributed by atoms with Crippen LogP contribution in [0.25, 0.3) is 0 Å². The third-order valence-electron chi connectivity index (χ3n) is 4.10. The van der Waals surface area contributed by atoms with Gasteiger partial charge in [-0.2, -0.15) is 0 Å². The Morgan fingerprint density at radius 2 is 2.19 bits per heavy atom. The minimum Gasteiger partial charge on any atom is -0.490 e. The summed E-state index contributed by atoms with van der Waals surface area (Å²) < 4.78 is 5.60. The van der Waals surface area contributed by atoms with Crippen LogP contribution < -0.4 is 20.7 Å². The molecular weight excluding hydrogens is 447 g/mol. The van der Waals surface area contributed by atoms with Gasteiger partial charge in [-0.25, -0.2) is 0 Å². The fourth-order valence-corrected chi connectivity index (χ4v) is 2.68. The summed E-state index contributed by atoms with van der Waals surface area (Å²) in [4.78, 5) is 21.9. The van der Waals surface area contributed by atoms with E-state index in [1.807, 2.05) is 12.1 Å². The number of guanidine groups is 1. The Morgan fingerprint density at radius 1 is 1.42 bits per heavy atom. The highest BCUT2D eigenvalue weighted by atomic mass is 127. The first-order chi connectivity index (χ1) is 12.2. The topological polar surface area (TPSA) is 90.9 Å². The Kier molecular flexibility index (Phi) is 10.9. The monoisotopic (exact) mass is 476 g/mol. The summed E-state index contributed by atoms with van der Waals surface area (Å²) in [5.74, 6) is 1.60. The molecule has 2 rings (SSSR count). The number of likely N-dealkylation sites (N-methyl/N-ethyl adjacent to an activating group) is 1. The number of aromatic nitrogens is 1. The Hall–Kier alpha value is -1.62. The van der Waals surface area contributed by atoms with E-state index in [1.54, 1.807) is 26.5 Å². The first kappa shape index (κ1) is 22.4. The third-order valence-corrected chi connectivity index (χ3v) is 4.10. The van der Waals surface area contributed by atoms with E-state index in [0.29, 0.717) is 25.7 Å². The van der Waals surface area contributed by atoms with Crippen LogP contribution in [-0.4, -0.2) is 74.7 Å². The van der Waals surface area contributed by atoms with Gasteiger partial charge in [0.2, 0.25) is 5.91 Å². The van der Waals surface area contributed by atoms with Gasteiger partial charge in [0.25, 0.3) is 0 Å². The number of rotatable bonds is 7. The number of halogens is 1. The number of carbonyl (C=O) groups excluding carboxylic acids is 1. The molecule has 1 amide bonds. The fourth-order valence-electron chi connectivity index (χ4n) is 2.68. The molecule has 0 saturated carbocycles. The van der Waals surface area contributed by atoms with Crippen molar-refractivity contribution < 1.29 is 9.53 Å². The molecule has 0 unspecified atom stereocenters. The molecule has 146 valence electrons. The summed E-state index contributed by atoms with van der Waals surface area (Å²) in [6.07, 6.45) is 5.39. The average molecular weight is 476 g/mol. The molecule has 0 radical (unpaired) electrons. The molecule has 0 atom stereocenters. The van der Waals surface area contributed by atoms with Gasteiger partial charge in [-0.05, 0) is 25.0 Å². The summed E-state index contributed by atoms with van der Waals surface area (Å²) in [5, 5.41) is 9.36. The van der Waals surface area contributed by atoms with Crippen molar-refractivity contribution in [3.63, 3.8) is 0 Å². The predicted octanol–water partition coefficient (Wildman–Crippen LogP) is 0.454. The number of pyridine rings is 1. The lowest BCUT2D eigenvalue weighted by atomic mass is 10.1. The lowest BCUT2D eigenvalue weighted by Gasteiger charge is -2.32. The number of hydrogen-bond donors (Lipinski definition) is 3. The zero-order valence-corrected chi connectivity index (χ0v) is 17.7. The molecule has 0 spiro atoms. The quantitative estimate of drug-likeness (QED) is 0.229. The number of hydrogen-bond acceptors (Lipinski definition) is 5. The van der Waals surface area contributed by atoms with Crippen LogP contribution in [0.3, 0.4) is 0 Å². The fraction of sp³-hybridized carbons (Fsp3) is 0.588. The predicted molar refractivity (Wildman–Crippen MR) is 113 cm³/mol. The largest absolute Gasteiger partial charge is 0.490 e. The first-order valence-corrected chi connectivity index (χ1v) is 8.64. The van der Waals surface area contributed by atoms with Crippen molar-refractivity contribution in [2.75, 3.05) is 46.9 Å². The van der Waals surface area contributed by atoms with Gasteiger partial charge in [0, 0.05) is 39.4 Å². The van der Waals surface area contributed by atoms with Gasteiger partial charge in [-0.3, -0.25) is 19.7 Å². The summed E-state index contributed by atoms with van der Waals surface area (Å²) in [7, 11) is 3.43. The molecule has 1 fully saturated rings. The van der Waals surface area contributed by atoms with Gasteiger partial charge in [0.15, 0.2) is 5.96 Å². The van der Waals surface area contributed by atoms with Gasteiger partial charge < -0.3 is 20.7 Å². The molecular formula is C17H29IN6O2. The zero-order valence-electron chi connectivity index (χ0n) is 15.4. The van der Waals surface area contributed by atoms with Crippen LogP contribution in [0, 0.1) is 0 Å². The first-order valence-electron chi connectivity index (χ1n) is 8.64. The molecule has 3 N–H and O–H groups in total. The van der Waals surface area contributed by atoms with Gasteiger partial charge in [0.1, 0.15) is 12.4 Å². The van der Waals surface area contributed by atoms with E-state index >= 15 is 0 Å². The lowest BCUT2D eigenvalue weighted by molar-refractivity contribution is -0.122. The highest BCUT2D eigenvalue weighted by Crippen LogP contribution is 2.09. The molecule has 1 aliphatic heterocycles. The van der Waals surface area contributed by atoms with Crippen molar-refractivity contribution in [1.29, 1.82) is 0 Å². The number of piperidine rings is 1. The summed E-state index contributed by atoms with van der Waals surface area (Å²) >= 11 is 0. The van der Waals surface area contributed by atoms with Crippen LogP contribution in [0.1, 0.15) is 12.8 Å². The molecule has 1 aliphatic rings. The maximum Gasteiger partial charge on any atom is 0.233 e.